The first-order valence-electron chi connectivity index (χ1n) is 11.4. The topological polar surface area (TPSA) is 90.7 Å². The third-order valence-electron chi connectivity index (χ3n) is 5.79. The van der Waals surface area contributed by atoms with Gasteiger partial charge >= 0.3 is 0 Å². The second-order valence-electron chi connectivity index (χ2n) is 8.15. The Hall–Kier alpha value is -3.20. The van der Waals surface area contributed by atoms with E-state index in [2.05, 4.69) is 44.2 Å². The lowest BCUT2D eigenvalue weighted by atomic mass is 10.3. The van der Waals surface area contributed by atoms with Crippen molar-refractivity contribution in [3.05, 3.63) is 42.2 Å². The number of nitrogens with one attached hydrogen (secondary N) is 2. The fourth-order valence-corrected chi connectivity index (χ4v) is 4.12. The average molecular weight is 437 g/mol. The van der Waals surface area contributed by atoms with Crippen molar-refractivity contribution < 1.29 is 4.79 Å². The van der Waals surface area contributed by atoms with Crippen molar-refractivity contribution >= 4 is 29.0 Å². The van der Waals surface area contributed by atoms with E-state index in [0.29, 0.717) is 23.2 Å². The maximum absolute atomic E-state index is 13.1. The van der Waals surface area contributed by atoms with E-state index in [-0.39, 0.29) is 5.91 Å². The standard InChI is InChI=1S/C23H32N8O/c1-4-12-29(13-5-2)21-8-6-7-19(26-21)27-23(32)18-15-25-20-9-10-22(28-31(18)20)30-14-11-17(16-30)24-3/h6-10,15,17,24H,4-5,11-14,16H2,1-3H3,(H,26,27,32)/t17-/m1/s1. The zero-order valence-corrected chi connectivity index (χ0v) is 19.1. The van der Waals surface area contributed by atoms with Crippen LogP contribution in [0.25, 0.3) is 5.65 Å². The number of carbonyl (C=O) groups excluding carboxylic acids is 1. The van der Waals surface area contributed by atoms with Crippen LogP contribution in [-0.2, 0) is 0 Å². The van der Waals surface area contributed by atoms with Gasteiger partial charge in [-0.05, 0) is 50.6 Å². The lowest BCUT2D eigenvalue weighted by Gasteiger charge is -2.23. The van der Waals surface area contributed by atoms with Crippen molar-refractivity contribution in [1.29, 1.82) is 0 Å². The van der Waals surface area contributed by atoms with Crippen LogP contribution in [0.5, 0.6) is 0 Å². The highest BCUT2D eigenvalue weighted by Gasteiger charge is 2.23. The molecule has 0 aliphatic carbocycles. The van der Waals surface area contributed by atoms with Gasteiger partial charge in [0.05, 0.1) is 6.20 Å². The predicted octanol–water partition coefficient (Wildman–Crippen LogP) is 2.80. The van der Waals surface area contributed by atoms with Crippen molar-refractivity contribution in [3.8, 4) is 0 Å². The number of rotatable bonds is 9. The predicted molar refractivity (Wildman–Crippen MR) is 128 cm³/mol. The molecule has 1 aliphatic heterocycles. The second kappa shape index (κ2) is 9.95. The molecule has 1 saturated heterocycles. The zero-order chi connectivity index (χ0) is 22.5. The second-order valence-corrected chi connectivity index (χ2v) is 8.15. The van der Waals surface area contributed by atoms with Crippen LogP contribution < -0.4 is 20.4 Å². The van der Waals surface area contributed by atoms with Gasteiger partial charge in [-0.25, -0.2) is 14.5 Å². The molecule has 0 spiro atoms. The SMILES string of the molecule is CCCN(CCC)c1cccc(NC(=O)c2cnc3ccc(N4CC[C@@H](NC)C4)nn23)n1. The van der Waals surface area contributed by atoms with Crippen LogP contribution in [-0.4, -0.2) is 64.8 Å². The minimum absolute atomic E-state index is 0.279. The maximum Gasteiger partial charge on any atom is 0.277 e. The van der Waals surface area contributed by atoms with Gasteiger partial charge in [-0.3, -0.25) is 4.79 Å². The molecule has 0 saturated carbocycles. The smallest absolute Gasteiger partial charge is 0.277 e. The van der Waals surface area contributed by atoms with Crippen LogP contribution >= 0.6 is 0 Å². The van der Waals surface area contributed by atoms with Crippen molar-refractivity contribution in [3.63, 3.8) is 0 Å². The summed E-state index contributed by atoms with van der Waals surface area (Å²) in [5, 5.41) is 10.9. The summed E-state index contributed by atoms with van der Waals surface area (Å²) in [5.41, 5.74) is 1.03. The molecule has 3 aromatic heterocycles. The van der Waals surface area contributed by atoms with Gasteiger partial charge in [0, 0.05) is 32.2 Å². The summed E-state index contributed by atoms with van der Waals surface area (Å²) in [4.78, 5) is 26.6. The minimum Gasteiger partial charge on any atom is -0.357 e. The molecule has 4 heterocycles. The molecule has 1 amide bonds. The molecule has 0 unspecified atom stereocenters. The number of amides is 1. The van der Waals surface area contributed by atoms with E-state index in [1.165, 1.54) is 0 Å². The average Bonchev–Trinajstić information content (AvgIpc) is 3.46. The normalized spacial score (nSPS) is 16.0. The van der Waals surface area contributed by atoms with Crippen molar-refractivity contribution in [2.45, 2.75) is 39.2 Å². The third-order valence-corrected chi connectivity index (χ3v) is 5.79. The number of nitrogens with zero attached hydrogens (tertiary/aromatic N) is 6. The Kier molecular flexibility index (Phi) is 6.84. The number of aromatic nitrogens is 4. The molecule has 32 heavy (non-hydrogen) atoms. The number of pyridine rings is 1. The fraction of sp³-hybridized carbons (Fsp3) is 0.478. The van der Waals surface area contributed by atoms with Gasteiger partial charge in [0.25, 0.3) is 5.91 Å². The third kappa shape index (κ3) is 4.67. The summed E-state index contributed by atoms with van der Waals surface area (Å²) in [6, 6.07) is 10.0. The Balaban J connectivity index is 1.54. The highest BCUT2D eigenvalue weighted by atomic mass is 16.2. The van der Waals surface area contributed by atoms with Gasteiger partial charge in [-0.15, -0.1) is 5.10 Å². The number of anilines is 3. The van der Waals surface area contributed by atoms with Crippen LogP contribution in [0.15, 0.2) is 36.5 Å². The number of carbonyl (C=O) groups is 1. The van der Waals surface area contributed by atoms with E-state index >= 15 is 0 Å². The van der Waals surface area contributed by atoms with E-state index < -0.39 is 0 Å². The number of hydrogen-bond acceptors (Lipinski definition) is 7. The van der Waals surface area contributed by atoms with E-state index in [1.54, 1.807) is 10.7 Å². The Labute approximate surface area is 188 Å². The fourth-order valence-electron chi connectivity index (χ4n) is 4.12. The van der Waals surface area contributed by atoms with Crippen LogP contribution in [0.1, 0.15) is 43.6 Å². The van der Waals surface area contributed by atoms with Crippen LogP contribution in [0, 0.1) is 0 Å². The molecule has 0 radical (unpaired) electrons. The molecular weight excluding hydrogens is 404 g/mol. The molecule has 1 atom stereocenters. The van der Waals surface area contributed by atoms with E-state index in [4.69, 9.17) is 5.10 Å². The van der Waals surface area contributed by atoms with E-state index in [9.17, 15) is 4.79 Å². The summed E-state index contributed by atoms with van der Waals surface area (Å²) in [6.07, 6.45) is 4.72. The maximum atomic E-state index is 13.1. The van der Waals surface area contributed by atoms with Gasteiger partial charge in [-0.2, -0.15) is 0 Å². The number of likely N-dealkylation sites (N-methyl/N-ethyl adjacent to an activating group) is 1. The van der Waals surface area contributed by atoms with Crippen LogP contribution in [0.3, 0.4) is 0 Å². The molecule has 0 bridgehead atoms. The van der Waals surface area contributed by atoms with Crippen molar-refractivity contribution in [2.24, 2.45) is 0 Å². The number of hydrogen-bond donors (Lipinski definition) is 2. The molecule has 1 fully saturated rings. The first-order valence-corrected chi connectivity index (χ1v) is 11.4. The van der Waals surface area contributed by atoms with Gasteiger partial charge in [0.15, 0.2) is 11.3 Å². The van der Waals surface area contributed by atoms with Crippen molar-refractivity contribution in [1.82, 2.24) is 24.9 Å². The molecule has 170 valence electrons. The largest absolute Gasteiger partial charge is 0.357 e. The lowest BCUT2D eigenvalue weighted by molar-refractivity contribution is 0.102. The summed E-state index contributed by atoms with van der Waals surface area (Å²) < 4.78 is 1.61. The van der Waals surface area contributed by atoms with Crippen molar-refractivity contribution in [2.75, 3.05) is 48.3 Å². The Morgan fingerprint density at radius 3 is 2.72 bits per heavy atom. The molecular formula is C23H32N8O. The first-order chi connectivity index (χ1) is 15.6. The van der Waals surface area contributed by atoms with Crippen LogP contribution in [0.4, 0.5) is 17.5 Å². The minimum atomic E-state index is -0.279. The van der Waals surface area contributed by atoms with Crippen LogP contribution in [0.2, 0.25) is 0 Å². The zero-order valence-electron chi connectivity index (χ0n) is 19.1. The first kappa shape index (κ1) is 22.0. The van der Waals surface area contributed by atoms with E-state index in [1.807, 2.05) is 37.4 Å². The molecule has 4 rings (SSSR count). The number of imidazole rings is 1. The monoisotopic (exact) mass is 436 g/mol. The summed E-state index contributed by atoms with van der Waals surface area (Å²) in [7, 11) is 1.98. The van der Waals surface area contributed by atoms with E-state index in [0.717, 1.165) is 57.1 Å². The highest BCUT2D eigenvalue weighted by molar-refractivity contribution is 6.02. The Morgan fingerprint density at radius 1 is 1.19 bits per heavy atom. The molecule has 0 aromatic carbocycles. The van der Waals surface area contributed by atoms with Gasteiger partial charge in [0.1, 0.15) is 17.5 Å². The Morgan fingerprint density at radius 2 is 2.00 bits per heavy atom. The molecule has 2 N–H and O–H groups in total. The quantitative estimate of drug-likeness (QED) is 0.533. The molecule has 1 aliphatic rings. The summed E-state index contributed by atoms with van der Waals surface area (Å²) >= 11 is 0. The number of fused-ring (bicyclic) bond motifs is 1. The Bertz CT molecular complexity index is 1060. The van der Waals surface area contributed by atoms with Gasteiger partial charge in [0.2, 0.25) is 0 Å². The van der Waals surface area contributed by atoms with Gasteiger partial charge < -0.3 is 20.4 Å². The highest BCUT2D eigenvalue weighted by Crippen LogP contribution is 2.20. The molecule has 3 aromatic rings. The summed E-state index contributed by atoms with van der Waals surface area (Å²) in [5.74, 6) is 1.96. The van der Waals surface area contributed by atoms with Gasteiger partial charge in [-0.1, -0.05) is 19.9 Å². The molecule has 9 nitrogen and oxygen atoms in total. The summed E-state index contributed by atoms with van der Waals surface area (Å²) in [6.45, 7) is 8.01. The molecule has 9 heteroatoms. The lowest BCUT2D eigenvalue weighted by Crippen LogP contribution is -2.30.